The summed E-state index contributed by atoms with van der Waals surface area (Å²) in [4.78, 5) is 8.98. The minimum absolute atomic E-state index is 0.125. The minimum Gasteiger partial charge on any atom is -0.492 e. The molecule has 1 saturated heterocycles. The second kappa shape index (κ2) is 9.97. The lowest BCUT2D eigenvalue weighted by Gasteiger charge is -2.35. The Morgan fingerprint density at radius 2 is 1.80 bits per heavy atom. The fourth-order valence-corrected chi connectivity index (χ4v) is 4.86. The highest BCUT2D eigenvalue weighted by atomic mass is 35.5. The number of aromatic nitrogens is 4. The molecule has 0 saturated carbocycles. The molecule has 8 nitrogen and oxygen atoms in total. The Morgan fingerprint density at radius 1 is 1.06 bits per heavy atom. The van der Waals surface area contributed by atoms with Gasteiger partial charge in [-0.3, -0.25) is 9.38 Å². The van der Waals surface area contributed by atoms with E-state index in [9.17, 15) is 0 Å². The van der Waals surface area contributed by atoms with E-state index in [0.717, 1.165) is 59.8 Å². The Kier molecular flexibility index (Phi) is 6.77. The van der Waals surface area contributed by atoms with E-state index in [1.807, 2.05) is 24.3 Å². The van der Waals surface area contributed by atoms with Gasteiger partial charge >= 0.3 is 0 Å². The monoisotopic (exact) mass is 494 g/mol. The lowest BCUT2D eigenvalue weighted by Crippen LogP contribution is -2.46. The molecule has 2 aromatic heterocycles. The quantitative estimate of drug-likeness (QED) is 0.349. The third-order valence-electron chi connectivity index (χ3n) is 6.18. The molecule has 184 valence electrons. The number of halogens is 1. The molecule has 0 N–H and O–H groups in total. The number of anilines is 1. The molecular weight excluding hydrogens is 464 g/mol. The van der Waals surface area contributed by atoms with Crippen LogP contribution in [0.4, 0.5) is 5.95 Å². The summed E-state index contributed by atoms with van der Waals surface area (Å²) in [6, 6.07) is 12.2. The number of nitrogens with zero attached hydrogens (tertiary/aromatic N) is 6. The van der Waals surface area contributed by atoms with Crippen LogP contribution in [0.15, 0.2) is 42.6 Å². The molecule has 0 amide bonds. The van der Waals surface area contributed by atoms with Gasteiger partial charge in [-0.2, -0.15) is 0 Å². The largest absolute Gasteiger partial charge is 0.492 e. The van der Waals surface area contributed by atoms with Gasteiger partial charge in [-0.05, 0) is 69.8 Å². The summed E-state index contributed by atoms with van der Waals surface area (Å²) in [7, 11) is 4.11. The van der Waals surface area contributed by atoms with Crippen molar-refractivity contribution in [2.24, 2.45) is 0 Å². The highest BCUT2D eigenvalue weighted by molar-refractivity contribution is 6.32. The number of rotatable bonds is 7. The van der Waals surface area contributed by atoms with Crippen LogP contribution in [0.25, 0.3) is 27.8 Å². The van der Waals surface area contributed by atoms with Gasteiger partial charge in [-0.25, -0.2) is 0 Å². The second-order valence-corrected chi connectivity index (χ2v) is 9.88. The SMILES string of the molecule is C[C@@H]1CN(c2nnc3cnc4ccc(-c5ccc(OCCCN(C)C)c(Cl)c5)cc4n23)C[C@H](C)O1. The van der Waals surface area contributed by atoms with E-state index < -0.39 is 0 Å². The number of ether oxygens (including phenoxy) is 2. The molecule has 35 heavy (non-hydrogen) atoms. The molecule has 3 heterocycles. The van der Waals surface area contributed by atoms with Crippen molar-refractivity contribution in [3.8, 4) is 16.9 Å². The summed E-state index contributed by atoms with van der Waals surface area (Å²) >= 11 is 6.58. The third-order valence-corrected chi connectivity index (χ3v) is 6.48. The highest BCUT2D eigenvalue weighted by Crippen LogP contribution is 2.32. The van der Waals surface area contributed by atoms with Gasteiger partial charge in [0, 0.05) is 19.6 Å². The molecule has 0 spiro atoms. The van der Waals surface area contributed by atoms with Crippen LogP contribution in [-0.2, 0) is 4.74 Å². The van der Waals surface area contributed by atoms with Gasteiger partial charge in [0.05, 0.1) is 41.1 Å². The fraction of sp³-hybridized carbons (Fsp3) is 0.423. The maximum absolute atomic E-state index is 6.58. The number of fused-ring (bicyclic) bond motifs is 3. The first-order valence-corrected chi connectivity index (χ1v) is 12.4. The van der Waals surface area contributed by atoms with Gasteiger partial charge in [0.1, 0.15) is 5.75 Å². The lowest BCUT2D eigenvalue weighted by atomic mass is 10.0. The molecule has 2 atom stereocenters. The number of hydrogen-bond donors (Lipinski definition) is 0. The number of morpholine rings is 1. The highest BCUT2D eigenvalue weighted by Gasteiger charge is 2.26. The molecular formula is C26H31ClN6O2. The van der Waals surface area contributed by atoms with Crippen LogP contribution in [0.3, 0.4) is 0 Å². The maximum Gasteiger partial charge on any atom is 0.232 e. The maximum atomic E-state index is 6.58. The van der Waals surface area contributed by atoms with Crippen molar-refractivity contribution < 1.29 is 9.47 Å². The van der Waals surface area contributed by atoms with Gasteiger partial charge in [0.2, 0.25) is 5.95 Å². The van der Waals surface area contributed by atoms with Crippen LogP contribution in [0.5, 0.6) is 5.75 Å². The zero-order valence-corrected chi connectivity index (χ0v) is 21.4. The van der Waals surface area contributed by atoms with Crippen LogP contribution in [0.1, 0.15) is 20.3 Å². The predicted molar refractivity (Wildman–Crippen MR) is 140 cm³/mol. The van der Waals surface area contributed by atoms with Crippen molar-refractivity contribution in [3.63, 3.8) is 0 Å². The van der Waals surface area contributed by atoms with Gasteiger partial charge < -0.3 is 19.3 Å². The standard InChI is InChI=1S/C26H31ClN6O2/c1-17-15-32(16-18(2)35-17)26-30-29-25-14-28-22-8-6-20(13-23(22)33(25)26)19-7-9-24(21(27)12-19)34-11-5-10-31(3)4/h6-9,12-14,17-18H,5,10-11,15-16H2,1-4H3/t17-,18+. The second-order valence-electron chi connectivity index (χ2n) is 9.47. The Bertz CT molecular complexity index is 1330. The van der Waals surface area contributed by atoms with Crippen LogP contribution in [0.2, 0.25) is 5.02 Å². The van der Waals surface area contributed by atoms with Crippen molar-refractivity contribution in [3.05, 3.63) is 47.6 Å². The van der Waals surface area contributed by atoms with E-state index in [1.54, 1.807) is 6.20 Å². The predicted octanol–water partition coefficient (Wildman–Crippen LogP) is 4.54. The summed E-state index contributed by atoms with van der Waals surface area (Å²) in [5.41, 5.74) is 4.60. The Morgan fingerprint density at radius 3 is 2.54 bits per heavy atom. The van der Waals surface area contributed by atoms with Crippen molar-refractivity contribution in [1.29, 1.82) is 0 Å². The van der Waals surface area contributed by atoms with Crippen LogP contribution in [-0.4, -0.2) is 77.0 Å². The van der Waals surface area contributed by atoms with E-state index in [-0.39, 0.29) is 12.2 Å². The Balaban J connectivity index is 1.47. The fourth-order valence-electron chi connectivity index (χ4n) is 4.63. The first-order valence-electron chi connectivity index (χ1n) is 12.0. The molecule has 4 aromatic rings. The zero-order chi connectivity index (χ0) is 24.5. The number of benzene rings is 2. The molecule has 0 aliphatic carbocycles. The minimum atomic E-state index is 0.125. The summed E-state index contributed by atoms with van der Waals surface area (Å²) in [5.74, 6) is 1.52. The smallest absolute Gasteiger partial charge is 0.232 e. The molecule has 0 radical (unpaired) electrons. The first kappa shape index (κ1) is 23.8. The molecule has 2 aromatic carbocycles. The molecule has 1 fully saturated rings. The summed E-state index contributed by atoms with van der Waals surface area (Å²) < 4.78 is 13.9. The van der Waals surface area contributed by atoms with E-state index in [2.05, 4.69) is 69.5 Å². The van der Waals surface area contributed by atoms with E-state index >= 15 is 0 Å². The molecule has 1 aliphatic rings. The number of hydrogen-bond acceptors (Lipinski definition) is 7. The third kappa shape index (κ3) is 5.05. The van der Waals surface area contributed by atoms with Crippen molar-refractivity contribution in [1.82, 2.24) is 24.5 Å². The van der Waals surface area contributed by atoms with E-state index in [1.165, 1.54) is 0 Å². The Labute approximate surface area is 210 Å². The average Bonchev–Trinajstić information content (AvgIpc) is 3.26. The topological polar surface area (TPSA) is 68.0 Å². The Hall–Kier alpha value is -2.94. The summed E-state index contributed by atoms with van der Waals surface area (Å²) in [6.45, 7) is 7.31. The van der Waals surface area contributed by atoms with Crippen LogP contribution >= 0.6 is 11.6 Å². The van der Waals surface area contributed by atoms with Gasteiger partial charge in [0.15, 0.2) is 5.65 Å². The average molecular weight is 495 g/mol. The molecule has 0 bridgehead atoms. The van der Waals surface area contributed by atoms with Gasteiger partial charge in [-0.15, -0.1) is 10.2 Å². The lowest BCUT2D eigenvalue weighted by molar-refractivity contribution is -0.00575. The van der Waals surface area contributed by atoms with E-state index in [4.69, 9.17) is 21.1 Å². The van der Waals surface area contributed by atoms with Gasteiger partial charge in [-0.1, -0.05) is 23.7 Å². The molecule has 0 unspecified atom stereocenters. The zero-order valence-electron chi connectivity index (χ0n) is 20.6. The van der Waals surface area contributed by atoms with Crippen LogP contribution in [0, 0.1) is 0 Å². The normalized spacial score (nSPS) is 18.6. The van der Waals surface area contributed by atoms with Crippen molar-refractivity contribution in [2.75, 3.05) is 45.2 Å². The first-order chi connectivity index (χ1) is 16.9. The van der Waals surface area contributed by atoms with Crippen molar-refractivity contribution in [2.45, 2.75) is 32.5 Å². The van der Waals surface area contributed by atoms with Gasteiger partial charge in [0.25, 0.3) is 0 Å². The summed E-state index contributed by atoms with van der Waals surface area (Å²) in [6.07, 6.45) is 2.97. The van der Waals surface area contributed by atoms with Crippen molar-refractivity contribution >= 4 is 34.2 Å². The molecule has 5 rings (SSSR count). The molecule has 9 heteroatoms. The molecule has 1 aliphatic heterocycles. The summed E-state index contributed by atoms with van der Waals surface area (Å²) in [5, 5.41) is 9.51. The van der Waals surface area contributed by atoms with E-state index in [0.29, 0.717) is 17.4 Å². The van der Waals surface area contributed by atoms with Crippen LogP contribution < -0.4 is 9.64 Å².